The second-order valence-electron chi connectivity index (χ2n) is 3.24. The lowest BCUT2D eigenvalue weighted by Gasteiger charge is -2.11. The van der Waals surface area contributed by atoms with Crippen LogP contribution in [0.5, 0.6) is 0 Å². The summed E-state index contributed by atoms with van der Waals surface area (Å²) in [4.78, 5) is 11.1. The molecule has 0 amide bonds. The summed E-state index contributed by atoms with van der Waals surface area (Å²) in [5.41, 5.74) is -0.893. The van der Waals surface area contributed by atoms with Crippen molar-refractivity contribution in [3.05, 3.63) is 35.1 Å². The first-order valence-corrected chi connectivity index (χ1v) is 4.89. The van der Waals surface area contributed by atoms with Crippen LogP contribution in [0.4, 0.5) is 13.2 Å². The Balaban J connectivity index is 2.93. The summed E-state index contributed by atoms with van der Waals surface area (Å²) in [6, 6.07) is 2.59. The highest BCUT2D eigenvalue weighted by molar-refractivity contribution is 5.76. The zero-order chi connectivity index (χ0) is 13.0. The van der Waals surface area contributed by atoms with Crippen molar-refractivity contribution in [1.29, 1.82) is 0 Å². The van der Waals surface area contributed by atoms with Crippen molar-refractivity contribution in [2.75, 3.05) is 6.61 Å². The molecule has 0 radical (unpaired) electrons. The average molecular weight is 248 g/mol. The number of esters is 1. The summed E-state index contributed by atoms with van der Waals surface area (Å²) in [5.74, 6) is -2.11. The number of rotatable bonds is 4. The van der Waals surface area contributed by atoms with Crippen LogP contribution in [-0.4, -0.2) is 17.7 Å². The predicted octanol–water partition coefficient (Wildman–Crippen LogP) is 2.36. The maximum absolute atomic E-state index is 13.2. The van der Waals surface area contributed by atoms with Gasteiger partial charge in [-0.2, -0.15) is 0 Å². The molecule has 6 heteroatoms. The second-order valence-corrected chi connectivity index (χ2v) is 3.24. The molecular weight excluding hydrogens is 237 g/mol. The molecule has 94 valence electrons. The number of alkyl halides is 2. The number of carbonyl (C=O) groups excluding carboxylic acids is 1. The van der Waals surface area contributed by atoms with Crippen LogP contribution in [-0.2, 0) is 9.53 Å². The molecular formula is C11H11F3O3. The van der Waals surface area contributed by atoms with E-state index in [-0.39, 0.29) is 12.2 Å². The topological polar surface area (TPSA) is 46.5 Å². The van der Waals surface area contributed by atoms with Gasteiger partial charge in [0.1, 0.15) is 5.82 Å². The highest BCUT2D eigenvalue weighted by Gasteiger charge is 2.21. The van der Waals surface area contributed by atoms with E-state index in [1.165, 1.54) is 0 Å². The van der Waals surface area contributed by atoms with Crippen LogP contribution >= 0.6 is 0 Å². The Bertz CT molecular complexity index is 407. The minimum Gasteiger partial charge on any atom is -0.464 e. The first-order chi connectivity index (χ1) is 7.97. The number of hydrogen-bond acceptors (Lipinski definition) is 3. The first kappa shape index (κ1) is 13.5. The summed E-state index contributed by atoms with van der Waals surface area (Å²) in [6.45, 7) is 1.61. The van der Waals surface area contributed by atoms with Crippen LogP contribution in [0.1, 0.15) is 30.6 Å². The van der Waals surface area contributed by atoms with Gasteiger partial charge in [0.15, 0.2) is 6.10 Å². The SMILES string of the molecule is CCOC(=O)C(O)c1ccc(C(F)F)c(F)c1. The van der Waals surface area contributed by atoms with Gasteiger partial charge in [-0.25, -0.2) is 18.0 Å². The molecule has 0 aliphatic carbocycles. The van der Waals surface area contributed by atoms with E-state index in [2.05, 4.69) is 4.74 Å². The van der Waals surface area contributed by atoms with Gasteiger partial charge in [0, 0.05) is 0 Å². The zero-order valence-electron chi connectivity index (χ0n) is 8.99. The van der Waals surface area contributed by atoms with E-state index in [4.69, 9.17) is 0 Å². The van der Waals surface area contributed by atoms with Gasteiger partial charge in [-0.3, -0.25) is 0 Å². The van der Waals surface area contributed by atoms with Crippen LogP contribution in [0.15, 0.2) is 18.2 Å². The molecule has 0 aliphatic heterocycles. The highest BCUT2D eigenvalue weighted by atomic mass is 19.3. The molecule has 0 fully saturated rings. The summed E-state index contributed by atoms with van der Waals surface area (Å²) in [7, 11) is 0. The molecule has 0 heterocycles. The number of aliphatic hydroxyl groups is 1. The van der Waals surface area contributed by atoms with Crippen molar-refractivity contribution in [2.45, 2.75) is 19.5 Å². The van der Waals surface area contributed by atoms with Gasteiger partial charge >= 0.3 is 5.97 Å². The maximum atomic E-state index is 13.2. The van der Waals surface area contributed by atoms with E-state index in [0.717, 1.165) is 12.1 Å². The third-order valence-electron chi connectivity index (χ3n) is 2.09. The van der Waals surface area contributed by atoms with Gasteiger partial charge in [-0.15, -0.1) is 0 Å². The van der Waals surface area contributed by atoms with Crippen LogP contribution in [0, 0.1) is 5.82 Å². The molecule has 17 heavy (non-hydrogen) atoms. The molecule has 1 rings (SSSR count). The fraction of sp³-hybridized carbons (Fsp3) is 0.364. The van der Waals surface area contributed by atoms with E-state index < -0.39 is 29.9 Å². The number of hydrogen-bond donors (Lipinski definition) is 1. The lowest BCUT2D eigenvalue weighted by atomic mass is 10.1. The van der Waals surface area contributed by atoms with E-state index in [1.807, 2.05) is 0 Å². The van der Waals surface area contributed by atoms with Gasteiger partial charge in [-0.1, -0.05) is 12.1 Å². The van der Waals surface area contributed by atoms with Gasteiger partial charge in [0.2, 0.25) is 0 Å². The molecule has 1 aromatic carbocycles. The van der Waals surface area contributed by atoms with Crippen LogP contribution in [0.2, 0.25) is 0 Å². The van der Waals surface area contributed by atoms with Crippen molar-refractivity contribution in [3.63, 3.8) is 0 Å². The number of carbonyl (C=O) groups is 1. The maximum Gasteiger partial charge on any atom is 0.339 e. The highest BCUT2D eigenvalue weighted by Crippen LogP contribution is 2.25. The third kappa shape index (κ3) is 3.20. The molecule has 0 bridgehead atoms. The Morgan fingerprint density at radius 2 is 2.12 bits per heavy atom. The van der Waals surface area contributed by atoms with Crippen LogP contribution < -0.4 is 0 Å². The largest absolute Gasteiger partial charge is 0.464 e. The Kier molecular flexibility index (Phi) is 4.51. The number of halogens is 3. The molecule has 0 saturated heterocycles. The quantitative estimate of drug-likeness (QED) is 0.832. The summed E-state index contributed by atoms with van der Waals surface area (Å²) >= 11 is 0. The lowest BCUT2D eigenvalue weighted by Crippen LogP contribution is -2.15. The minimum atomic E-state index is -2.94. The molecule has 0 aromatic heterocycles. The Labute approximate surface area is 95.8 Å². The molecule has 0 aliphatic rings. The molecule has 1 N–H and O–H groups in total. The van der Waals surface area contributed by atoms with Gasteiger partial charge in [0.05, 0.1) is 12.2 Å². The lowest BCUT2D eigenvalue weighted by molar-refractivity contribution is -0.153. The first-order valence-electron chi connectivity index (χ1n) is 4.89. The smallest absolute Gasteiger partial charge is 0.339 e. The molecule has 1 unspecified atom stereocenters. The monoisotopic (exact) mass is 248 g/mol. The third-order valence-corrected chi connectivity index (χ3v) is 2.09. The van der Waals surface area contributed by atoms with Gasteiger partial charge < -0.3 is 9.84 Å². The van der Waals surface area contributed by atoms with Crippen molar-refractivity contribution < 1.29 is 27.8 Å². The predicted molar refractivity (Wildman–Crippen MR) is 52.9 cm³/mol. The second kappa shape index (κ2) is 5.67. The van der Waals surface area contributed by atoms with E-state index in [0.29, 0.717) is 6.07 Å². The summed E-state index contributed by atoms with van der Waals surface area (Å²) in [5, 5.41) is 9.45. The normalized spacial score (nSPS) is 12.6. The average Bonchev–Trinajstić information content (AvgIpc) is 2.27. The van der Waals surface area contributed by atoms with Crippen molar-refractivity contribution in [1.82, 2.24) is 0 Å². The molecule has 1 atom stereocenters. The van der Waals surface area contributed by atoms with Gasteiger partial charge in [-0.05, 0) is 18.6 Å². The standard InChI is InChI=1S/C11H11F3O3/c1-2-17-11(16)9(15)6-3-4-7(10(13)14)8(12)5-6/h3-5,9-10,15H,2H2,1H3. The van der Waals surface area contributed by atoms with Crippen molar-refractivity contribution >= 4 is 5.97 Å². The molecule has 1 aromatic rings. The Hall–Kier alpha value is -1.56. The summed E-state index contributed by atoms with van der Waals surface area (Å²) in [6.07, 6.45) is -4.61. The van der Waals surface area contributed by atoms with E-state index in [1.54, 1.807) is 6.92 Å². The fourth-order valence-electron chi connectivity index (χ4n) is 1.25. The Morgan fingerprint density at radius 3 is 2.59 bits per heavy atom. The van der Waals surface area contributed by atoms with Crippen LogP contribution in [0.25, 0.3) is 0 Å². The van der Waals surface area contributed by atoms with Gasteiger partial charge in [0.25, 0.3) is 6.43 Å². The van der Waals surface area contributed by atoms with E-state index >= 15 is 0 Å². The minimum absolute atomic E-state index is 0.0630. The van der Waals surface area contributed by atoms with Crippen LogP contribution in [0.3, 0.4) is 0 Å². The van der Waals surface area contributed by atoms with Crippen molar-refractivity contribution in [3.8, 4) is 0 Å². The molecule has 3 nitrogen and oxygen atoms in total. The van der Waals surface area contributed by atoms with E-state index in [9.17, 15) is 23.1 Å². The fourth-order valence-corrected chi connectivity index (χ4v) is 1.25. The molecule has 0 saturated carbocycles. The summed E-state index contributed by atoms with van der Waals surface area (Å²) < 4.78 is 42.2. The number of aliphatic hydroxyl groups excluding tert-OH is 1. The number of benzene rings is 1. The number of ether oxygens (including phenoxy) is 1. The van der Waals surface area contributed by atoms with Crippen molar-refractivity contribution in [2.24, 2.45) is 0 Å². The zero-order valence-corrected chi connectivity index (χ0v) is 8.99. The molecule has 0 spiro atoms. The Morgan fingerprint density at radius 1 is 1.47 bits per heavy atom.